The summed E-state index contributed by atoms with van der Waals surface area (Å²) in [7, 11) is 3.80. The first-order valence-electron chi connectivity index (χ1n) is 10.1. The zero-order chi connectivity index (χ0) is 22.5. The van der Waals surface area contributed by atoms with Gasteiger partial charge in [-0.3, -0.25) is 9.59 Å². The molecule has 8 heteroatoms. The van der Waals surface area contributed by atoms with Gasteiger partial charge in [0, 0.05) is 49.2 Å². The molecule has 3 aromatic rings. The van der Waals surface area contributed by atoms with Gasteiger partial charge in [0.25, 0.3) is 5.56 Å². The van der Waals surface area contributed by atoms with Crippen molar-refractivity contribution >= 4 is 44.7 Å². The van der Waals surface area contributed by atoms with Crippen LogP contribution in [-0.2, 0) is 11.2 Å². The number of carbonyl (C=O) groups excluding carboxylic acids is 1. The first-order valence-corrected chi connectivity index (χ1v) is 10.8. The molecule has 0 fully saturated rings. The second-order valence-corrected chi connectivity index (χ2v) is 8.28. The number of unbranched alkanes of at least 4 members (excludes halogenated alkanes) is 1. The summed E-state index contributed by atoms with van der Waals surface area (Å²) in [6.45, 7) is 3.43. The van der Waals surface area contributed by atoms with E-state index in [4.69, 9.17) is 4.74 Å². The highest BCUT2D eigenvalue weighted by Gasteiger charge is 2.12. The lowest BCUT2D eigenvalue weighted by Gasteiger charge is -2.15. The Balaban J connectivity index is 2.12. The number of rotatable bonds is 7. The van der Waals surface area contributed by atoms with E-state index >= 15 is 0 Å². The maximum absolute atomic E-state index is 13.2. The Morgan fingerprint density at radius 3 is 2.71 bits per heavy atom. The molecule has 0 saturated heterocycles. The third-order valence-electron chi connectivity index (χ3n) is 4.71. The van der Waals surface area contributed by atoms with Crippen molar-refractivity contribution in [1.82, 2.24) is 9.66 Å². The fourth-order valence-electron chi connectivity index (χ4n) is 3.08. The molecule has 0 bridgehead atoms. The van der Waals surface area contributed by atoms with Gasteiger partial charge in [0.1, 0.15) is 11.6 Å². The van der Waals surface area contributed by atoms with E-state index in [1.165, 1.54) is 17.8 Å². The molecule has 0 N–H and O–H groups in total. The minimum atomic E-state index is -0.427. The van der Waals surface area contributed by atoms with E-state index in [0.29, 0.717) is 34.5 Å². The molecule has 1 heterocycles. The van der Waals surface area contributed by atoms with E-state index in [-0.39, 0.29) is 5.56 Å². The number of fused-ring (bicyclic) bond motifs is 1. The van der Waals surface area contributed by atoms with Crippen molar-refractivity contribution in [3.05, 3.63) is 62.6 Å². The van der Waals surface area contributed by atoms with Crippen molar-refractivity contribution in [2.75, 3.05) is 19.0 Å². The summed E-state index contributed by atoms with van der Waals surface area (Å²) >= 11 is 3.41. The van der Waals surface area contributed by atoms with Gasteiger partial charge in [0.05, 0.1) is 17.1 Å². The summed E-state index contributed by atoms with van der Waals surface area (Å²) in [4.78, 5) is 31.3. The van der Waals surface area contributed by atoms with E-state index in [2.05, 4.69) is 32.9 Å². The molecular formula is C23H25BrN4O3. The van der Waals surface area contributed by atoms with Gasteiger partial charge in [-0.25, -0.2) is 4.98 Å². The third kappa shape index (κ3) is 5.38. The lowest BCUT2D eigenvalue weighted by Crippen LogP contribution is -2.22. The molecule has 0 aliphatic heterocycles. The van der Waals surface area contributed by atoms with Gasteiger partial charge < -0.3 is 9.64 Å². The molecular weight excluding hydrogens is 460 g/mol. The summed E-state index contributed by atoms with van der Waals surface area (Å²) < 4.78 is 7.50. The number of hydrogen-bond acceptors (Lipinski definition) is 6. The Kier molecular flexibility index (Phi) is 7.22. The molecule has 0 unspecified atom stereocenters. The van der Waals surface area contributed by atoms with E-state index < -0.39 is 5.97 Å². The Morgan fingerprint density at radius 2 is 2.03 bits per heavy atom. The molecule has 0 aliphatic carbocycles. The highest BCUT2D eigenvalue weighted by molar-refractivity contribution is 9.10. The average molecular weight is 485 g/mol. The molecule has 31 heavy (non-hydrogen) atoms. The number of benzene rings is 2. The summed E-state index contributed by atoms with van der Waals surface area (Å²) in [6, 6.07) is 10.9. The number of esters is 1. The van der Waals surface area contributed by atoms with Gasteiger partial charge in [-0.2, -0.15) is 9.78 Å². The minimum absolute atomic E-state index is 0.243. The van der Waals surface area contributed by atoms with Crippen molar-refractivity contribution in [1.29, 1.82) is 0 Å². The summed E-state index contributed by atoms with van der Waals surface area (Å²) in [6.07, 6.45) is 4.02. The molecule has 1 aromatic heterocycles. The number of anilines is 1. The third-order valence-corrected chi connectivity index (χ3v) is 5.20. The average Bonchev–Trinajstić information content (AvgIpc) is 2.72. The lowest BCUT2D eigenvalue weighted by atomic mass is 10.2. The summed E-state index contributed by atoms with van der Waals surface area (Å²) in [5.74, 6) is 0.544. The van der Waals surface area contributed by atoms with Gasteiger partial charge in [-0.15, -0.1) is 0 Å². The quantitative estimate of drug-likeness (QED) is 0.282. The minimum Gasteiger partial charge on any atom is -0.426 e. The number of carbonyl (C=O) groups is 1. The predicted octanol–water partition coefficient (Wildman–Crippen LogP) is 4.38. The Hall–Kier alpha value is -3.00. The summed E-state index contributed by atoms with van der Waals surface area (Å²) in [5, 5.41) is 4.93. The number of aromatic nitrogens is 2. The number of halogens is 1. The molecule has 0 spiro atoms. The fourth-order valence-corrected chi connectivity index (χ4v) is 3.44. The van der Waals surface area contributed by atoms with Crippen LogP contribution >= 0.6 is 15.9 Å². The van der Waals surface area contributed by atoms with E-state index in [1.807, 2.05) is 37.2 Å². The van der Waals surface area contributed by atoms with Crippen LogP contribution in [0.4, 0.5) is 5.69 Å². The van der Waals surface area contributed by atoms with Crippen molar-refractivity contribution in [3.63, 3.8) is 0 Å². The fraction of sp³-hybridized carbons (Fsp3) is 0.304. The van der Waals surface area contributed by atoms with E-state index in [1.54, 1.807) is 18.2 Å². The predicted molar refractivity (Wildman–Crippen MR) is 127 cm³/mol. The summed E-state index contributed by atoms with van der Waals surface area (Å²) in [5.41, 5.74) is 1.86. The second-order valence-electron chi connectivity index (χ2n) is 7.36. The Bertz CT molecular complexity index is 1200. The lowest BCUT2D eigenvalue weighted by molar-refractivity contribution is -0.131. The van der Waals surface area contributed by atoms with Gasteiger partial charge >= 0.3 is 5.97 Å². The van der Waals surface area contributed by atoms with Crippen LogP contribution in [0.3, 0.4) is 0 Å². The molecule has 0 atom stereocenters. The van der Waals surface area contributed by atoms with Crippen molar-refractivity contribution in [3.8, 4) is 5.75 Å². The highest BCUT2D eigenvalue weighted by Crippen LogP contribution is 2.24. The van der Waals surface area contributed by atoms with E-state index in [9.17, 15) is 9.59 Å². The van der Waals surface area contributed by atoms with E-state index in [0.717, 1.165) is 23.0 Å². The standard InChI is InChI=1S/C23H25BrN4O3/c1-5-6-7-22-26-20-11-9-17(24)12-19(20)23(30)28(22)25-14-16-8-10-18(27(3)4)13-21(16)31-15(2)29/h8-14H,5-7H2,1-4H3. The van der Waals surface area contributed by atoms with Crippen LogP contribution in [0.2, 0.25) is 0 Å². The van der Waals surface area contributed by atoms with Crippen LogP contribution in [0.15, 0.2) is 50.8 Å². The highest BCUT2D eigenvalue weighted by atomic mass is 79.9. The number of nitrogens with zero attached hydrogens (tertiary/aromatic N) is 4. The van der Waals surface area contributed by atoms with Crippen molar-refractivity contribution in [2.24, 2.45) is 5.10 Å². The van der Waals surface area contributed by atoms with Crippen LogP contribution in [0.25, 0.3) is 10.9 Å². The second kappa shape index (κ2) is 9.87. The zero-order valence-corrected chi connectivity index (χ0v) is 19.6. The Labute approximate surface area is 189 Å². The maximum atomic E-state index is 13.2. The van der Waals surface area contributed by atoms with Gasteiger partial charge in [0.15, 0.2) is 0 Å². The van der Waals surface area contributed by atoms with Crippen LogP contribution in [-0.4, -0.2) is 35.9 Å². The number of hydrogen-bond donors (Lipinski definition) is 0. The van der Waals surface area contributed by atoms with Gasteiger partial charge in [-0.05, 0) is 36.8 Å². The Morgan fingerprint density at radius 1 is 1.26 bits per heavy atom. The first-order chi connectivity index (χ1) is 14.8. The van der Waals surface area contributed by atoms with Crippen LogP contribution < -0.4 is 15.2 Å². The first kappa shape index (κ1) is 22.7. The molecule has 0 aliphatic rings. The van der Waals surface area contributed by atoms with Crippen LogP contribution in [0.5, 0.6) is 5.75 Å². The molecule has 0 radical (unpaired) electrons. The number of ether oxygens (including phenoxy) is 1. The zero-order valence-electron chi connectivity index (χ0n) is 18.1. The van der Waals surface area contributed by atoms with Crippen LogP contribution in [0, 0.1) is 0 Å². The van der Waals surface area contributed by atoms with Crippen molar-refractivity contribution < 1.29 is 9.53 Å². The van der Waals surface area contributed by atoms with Gasteiger partial charge in [0.2, 0.25) is 0 Å². The molecule has 0 amide bonds. The molecule has 162 valence electrons. The molecule has 7 nitrogen and oxygen atoms in total. The molecule has 3 rings (SSSR count). The SMILES string of the molecule is CCCCc1nc2ccc(Br)cc2c(=O)n1N=Cc1ccc(N(C)C)cc1OC(C)=O. The number of aryl methyl sites for hydroxylation is 1. The molecule has 0 saturated carbocycles. The largest absolute Gasteiger partial charge is 0.426 e. The monoisotopic (exact) mass is 484 g/mol. The smallest absolute Gasteiger partial charge is 0.308 e. The molecule has 2 aromatic carbocycles. The van der Waals surface area contributed by atoms with Gasteiger partial charge in [-0.1, -0.05) is 29.3 Å². The van der Waals surface area contributed by atoms with Crippen molar-refractivity contribution in [2.45, 2.75) is 33.1 Å². The topological polar surface area (TPSA) is 76.8 Å². The normalized spacial score (nSPS) is 11.3. The maximum Gasteiger partial charge on any atom is 0.308 e. The van der Waals surface area contributed by atoms with Crippen LogP contribution in [0.1, 0.15) is 38.1 Å².